The van der Waals surface area contributed by atoms with Crippen molar-refractivity contribution in [3.63, 3.8) is 0 Å². The zero-order chi connectivity index (χ0) is 10.9. The van der Waals surface area contributed by atoms with Gasteiger partial charge >= 0.3 is 0 Å². The van der Waals surface area contributed by atoms with Crippen molar-refractivity contribution in [2.75, 3.05) is 13.2 Å². The molecule has 2 heterocycles. The Morgan fingerprint density at radius 2 is 2.20 bits per heavy atom. The van der Waals surface area contributed by atoms with Crippen LogP contribution in [0.15, 0.2) is 0 Å². The molecule has 2 unspecified atom stereocenters. The van der Waals surface area contributed by atoms with Gasteiger partial charge in [-0.1, -0.05) is 6.92 Å². The highest BCUT2D eigenvalue weighted by Gasteiger charge is 2.45. The van der Waals surface area contributed by atoms with Crippen molar-refractivity contribution in [1.29, 1.82) is 0 Å². The number of carbonyl (C=O) groups excluding carboxylic acids is 1. The van der Waals surface area contributed by atoms with Crippen LogP contribution >= 0.6 is 0 Å². The average Bonchev–Trinajstić information content (AvgIpc) is 2.74. The fourth-order valence-electron chi connectivity index (χ4n) is 2.66. The van der Waals surface area contributed by atoms with E-state index in [0.29, 0.717) is 5.92 Å². The number of Topliss-reactive ketones (excluding diaryl/α,β-unsaturated/α-hetero) is 1. The standard InChI is InChI=1S/C12H21NO2/c1-9-5-4-8-15-12(9,2)11(14)10-6-3-7-13-10/h9-10,13H,3-8H2,1-2H3/t9?,10-,12?/m0/s1. The molecule has 2 saturated heterocycles. The maximum absolute atomic E-state index is 12.3. The number of ether oxygens (including phenoxy) is 1. The summed E-state index contributed by atoms with van der Waals surface area (Å²) < 4.78 is 5.76. The van der Waals surface area contributed by atoms with Crippen molar-refractivity contribution in [3.8, 4) is 0 Å². The summed E-state index contributed by atoms with van der Waals surface area (Å²) >= 11 is 0. The summed E-state index contributed by atoms with van der Waals surface area (Å²) in [4.78, 5) is 12.3. The molecule has 2 fully saturated rings. The van der Waals surface area contributed by atoms with E-state index in [4.69, 9.17) is 4.74 Å². The average molecular weight is 211 g/mol. The first-order valence-corrected chi connectivity index (χ1v) is 6.06. The van der Waals surface area contributed by atoms with Gasteiger partial charge < -0.3 is 10.1 Å². The van der Waals surface area contributed by atoms with Crippen molar-refractivity contribution < 1.29 is 9.53 Å². The molecule has 2 aliphatic rings. The largest absolute Gasteiger partial charge is 0.367 e. The van der Waals surface area contributed by atoms with E-state index in [1.54, 1.807) is 0 Å². The second-order valence-electron chi connectivity index (χ2n) is 5.01. The minimum atomic E-state index is -0.541. The van der Waals surface area contributed by atoms with Crippen molar-refractivity contribution >= 4 is 5.78 Å². The number of nitrogens with one attached hydrogen (secondary N) is 1. The topological polar surface area (TPSA) is 38.3 Å². The summed E-state index contributed by atoms with van der Waals surface area (Å²) in [6.07, 6.45) is 4.28. The van der Waals surface area contributed by atoms with Gasteiger partial charge in [-0.2, -0.15) is 0 Å². The molecule has 3 heteroatoms. The van der Waals surface area contributed by atoms with Crippen molar-refractivity contribution in [2.45, 2.75) is 51.2 Å². The summed E-state index contributed by atoms with van der Waals surface area (Å²) in [5.41, 5.74) is -0.541. The fourth-order valence-corrected chi connectivity index (χ4v) is 2.66. The molecule has 0 radical (unpaired) electrons. The van der Waals surface area contributed by atoms with Crippen molar-refractivity contribution in [1.82, 2.24) is 5.32 Å². The highest BCUT2D eigenvalue weighted by atomic mass is 16.5. The summed E-state index contributed by atoms with van der Waals surface area (Å²) in [5, 5.41) is 3.27. The maximum Gasteiger partial charge on any atom is 0.181 e. The van der Waals surface area contributed by atoms with E-state index in [1.165, 1.54) is 0 Å². The Morgan fingerprint density at radius 3 is 2.80 bits per heavy atom. The molecule has 0 amide bonds. The van der Waals surface area contributed by atoms with E-state index >= 15 is 0 Å². The van der Waals surface area contributed by atoms with Gasteiger partial charge in [0.15, 0.2) is 5.78 Å². The van der Waals surface area contributed by atoms with Gasteiger partial charge in [0.05, 0.1) is 6.04 Å². The molecule has 0 aromatic rings. The van der Waals surface area contributed by atoms with Crippen LogP contribution in [0.25, 0.3) is 0 Å². The second-order valence-corrected chi connectivity index (χ2v) is 5.01. The molecule has 0 aliphatic carbocycles. The molecule has 1 N–H and O–H groups in total. The van der Waals surface area contributed by atoms with E-state index in [9.17, 15) is 4.79 Å². The van der Waals surface area contributed by atoms with E-state index in [2.05, 4.69) is 12.2 Å². The lowest BCUT2D eigenvalue weighted by atomic mass is 9.79. The second kappa shape index (κ2) is 4.22. The highest BCUT2D eigenvalue weighted by molar-refractivity contribution is 5.92. The molecule has 0 aromatic carbocycles. The van der Waals surface area contributed by atoms with Crippen LogP contribution in [-0.2, 0) is 9.53 Å². The molecule has 2 rings (SSSR count). The van der Waals surface area contributed by atoms with E-state index in [0.717, 1.165) is 38.8 Å². The smallest absolute Gasteiger partial charge is 0.181 e. The summed E-state index contributed by atoms with van der Waals surface area (Å²) in [6.45, 7) is 5.81. The molecule has 3 atom stereocenters. The zero-order valence-corrected chi connectivity index (χ0v) is 9.71. The first-order valence-electron chi connectivity index (χ1n) is 6.06. The first kappa shape index (κ1) is 11.1. The van der Waals surface area contributed by atoms with Gasteiger partial charge in [0.2, 0.25) is 0 Å². The van der Waals surface area contributed by atoms with Crippen LogP contribution in [0.1, 0.15) is 39.5 Å². The van der Waals surface area contributed by atoms with Crippen LogP contribution in [0.4, 0.5) is 0 Å². The number of ketones is 1. The first-order chi connectivity index (χ1) is 7.14. The molecular weight excluding hydrogens is 190 g/mol. The van der Waals surface area contributed by atoms with E-state index in [1.807, 2.05) is 6.92 Å². The van der Waals surface area contributed by atoms with Gasteiger partial charge in [-0.3, -0.25) is 4.79 Å². The molecule has 2 aliphatic heterocycles. The monoisotopic (exact) mass is 211 g/mol. The van der Waals surface area contributed by atoms with Crippen LogP contribution in [0.3, 0.4) is 0 Å². The molecule has 15 heavy (non-hydrogen) atoms. The molecule has 0 aromatic heterocycles. The van der Waals surface area contributed by atoms with E-state index in [-0.39, 0.29) is 11.8 Å². The lowest BCUT2D eigenvalue weighted by Crippen LogP contribution is -2.53. The summed E-state index contributed by atoms with van der Waals surface area (Å²) in [5.74, 6) is 0.619. The van der Waals surface area contributed by atoms with Crippen LogP contribution in [0.2, 0.25) is 0 Å². The van der Waals surface area contributed by atoms with Crippen LogP contribution in [0.5, 0.6) is 0 Å². The predicted octanol–water partition coefficient (Wildman–Crippen LogP) is 1.51. The highest BCUT2D eigenvalue weighted by Crippen LogP contribution is 2.33. The number of carbonyl (C=O) groups is 1. The molecule has 0 bridgehead atoms. The third kappa shape index (κ3) is 1.95. The Bertz CT molecular complexity index is 248. The van der Waals surface area contributed by atoms with Crippen LogP contribution < -0.4 is 5.32 Å². The SMILES string of the molecule is CC1CCCOC1(C)C(=O)[C@@H]1CCCN1. The Balaban J connectivity index is 2.08. The van der Waals surface area contributed by atoms with Crippen LogP contribution in [0, 0.1) is 5.92 Å². The van der Waals surface area contributed by atoms with Gasteiger partial charge in [-0.25, -0.2) is 0 Å². The predicted molar refractivity (Wildman–Crippen MR) is 58.8 cm³/mol. The minimum Gasteiger partial charge on any atom is -0.367 e. The Morgan fingerprint density at radius 1 is 1.40 bits per heavy atom. The van der Waals surface area contributed by atoms with Crippen LogP contribution in [-0.4, -0.2) is 30.6 Å². The number of rotatable bonds is 2. The number of hydrogen-bond donors (Lipinski definition) is 1. The molecular formula is C12H21NO2. The number of hydrogen-bond acceptors (Lipinski definition) is 3. The lowest BCUT2D eigenvalue weighted by Gasteiger charge is -2.39. The molecule has 3 nitrogen and oxygen atoms in total. The van der Waals surface area contributed by atoms with Crippen molar-refractivity contribution in [2.24, 2.45) is 5.92 Å². The minimum absolute atomic E-state index is 0.0375. The normalized spacial score (nSPS) is 41.7. The fraction of sp³-hybridized carbons (Fsp3) is 0.917. The maximum atomic E-state index is 12.3. The molecule has 0 saturated carbocycles. The molecule has 86 valence electrons. The summed E-state index contributed by atoms with van der Waals surface area (Å²) in [7, 11) is 0. The lowest BCUT2D eigenvalue weighted by molar-refractivity contribution is -0.158. The van der Waals surface area contributed by atoms with Gasteiger partial charge in [0.1, 0.15) is 5.60 Å². The van der Waals surface area contributed by atoms with Gasteiger partial charge in [0, 0.05) is 6.61 Å². The Kier molecular flexibility index (Phi) is 3.12. The van der Waals surface area contributed by atoms with Gasteiger partial charge in [-0.05, 0) is 45.1 Å². The Labute approximate surface area is 91.6 Å². The Hall–Kier alpha value is -0.410. The third-order valence-corrected chi connectivity index (χ3v) is 3.99. The third-order valence-electron chi connectivity index (χ3n) is 3.99. The van der Waals surface area contributed by atoms with Gasteiger partial charge in [-0.15, -0.1) is 0 Å². The zero-order valence-electron chi connectivity index (χ0n) is 9.71. The quantitative estimate of drug-likeness (QED) is 0.752. The molecule has 0 spiro atoms. The van der Waals surface area contributed by atoms with Gasteiger partial charge in [0.25, 0.3) is 0 Å². The summed E-state index contributed by atoms with van der Waals surface area (Å²) in [6, 6.07) is 0.0375. The van der Waals surface area contributed by atoms with Crippen molar-refractivity contribution in [3.05, 3.63) is 0 Å². The van der Waals surface area contributed by atoms with E-state index < -0.39 is 5.60 Å².